The smallest absolute Gasteiger partial charge is 0.131 e. The first-order valence-electron chi connectivity index (χ1n) is 5.10. The molecule has 2 nitrogen and oxygen atoms in total. The summed E-state index contributed by atoms with van der Waals surface area (Å²) in [6.45, 7) is 0. The van der Waals surface area contributed by atoms with Gasteiger partial charge in [-0.15, -0.1) is 0 Å². The van der Waals surface area contributed by atoms with Crippen molar-refractivity contribution in [1.82, 2.24) is 0 Å². The second-order valence-electron chi connectivity index (χ2n) is 3.46. The minimum atomic E-state index is 0.175. The van der Waals surface area contributed by atoms with Crippen LogP contribution in [0.25, 0.3) is 0 Å². The Morgan fingerprint density at radius 2 is 1.47 bits per heavy atom. The van der Waals surface area contributed by atoms with Crippen LogP contribution in [0.5, 0.6) is 5.75 Å². The standard InChI is InChI=1S/C15H9NO/c16-11-13-7-5-12(6-8-13)9-10-14-3-1-2-4-15(14)17/h1-8,17H. The summed E-state index contributed by atoms with van der Waals surface area (Å²) in [5.74, 6) is 5.99. The lowest BCUT2D eigenvalue weighted by Gasteiger charge is -1.94. The summed E-state index contributed by atoms with van der Waals surface area (Å²) in [4.78, 5) is 0. The summed E-state index contributed by atoms with van der Waals surface area (Å²) < 4.78 is 0. The van der Waals surface area contributed by atoms with Gasteiger partial charge in [0.15, 0.2) is 0 Å². The molecule has 0 aromatic heterocycles. The molecule has 2 rings (SSSR count). The minimum absolute atomic E-state index is 0.175. The van der Waals surface area contributed by atoms with Gasteiger partial charge in [0.25, 0.3) is 0 Å². The molecule has 2 aromatic rings. The highest BCUT2D eigenvalue weighted by atomic mass is 16.3. The highest BCUT2D eigenvalue weighted by Crippen LogP contribution is 2.13. The second kappa shape index (κ2) is 4.88. The van der Waals surface area contributed by atoms with Gasteiger partial charge < -0.3 is 5.11 Å². The normalized spacial score (nSPS) is 8.88. The van der Waals surface area contributed by atoms with Crippen LogP contribution in [-0.4, -0.2) is 5.11 Å². The molecule has 0 aliphatic heterocycles. The van der Waals surface area contributed by atoms with E-state index in [0.717, 1.165) is 5.56 Å². The van der Waals surface area contributed by atoms with Gasteiger partial charge in [0, 0.05) is 5.56 Å². The molecule has 80 valence electrons. The summed E-state index contributed by atoms with van der Waals surface area (Å²) in [5.41, 5.74) is 2.02. The van der Waals surface area contributed by atoms with Gasteiger partial charge in [-0.25, -0.2) is 0 Å². The molecule has 0 spiro atoms. The zero-order chi connectivity index (χ0) is 12.1. The molecule has 0 unspecified atom stereocenters. The number of nitriles is 1. The summed E-state index contributed by atoms with van der Waals surface area (Å²) in [6, 6.07) is 16.0. The predicted octanol–water partition coefficient (Wildman–Crippen LogP) is 2.66. The quantitative estimate of drug-likeness (QED) is 0.692. The van der Waals surface area contributed by atoms with E-state index < -0.39 is 0 Å². The van der Waals surface area contributed by atoms with Gasteiger partial charge >= 0.3 is 0 Å². The van der Waals surface area contributed by atoms with Gasteiger partial charge in [-0.05, 0) is 36.4 Å². The number of benzene rings is 2. The fraction of sp³-hybridized carbons (Fsp3) is 0. The van der Waals surface area contributed by atoms with E-state index in [1.807, 2.05) is 12.1 Å². The van der Waals surface area contributed by atoms with Crippen molar-refractivity contribution in [3.8, 4) is 23.7 Å². The van der Waals surface area contributed by atoms with Crippen molar-refractivity contribution in [2.45, 2.75) is 0 Å². The Morgan fingerprint density at radius 1 is 0.824 bits per heavy atom. The number of hydrogen-bond donors (Lipinski definition) is 1. The molecule has 0 aliphatic carbocycles. The number of hydrogen-bond acceptors (Lipinski definition) is 2. The van der Waals surface area contributed by atoms with Crippen molar-refractivity contribution in [2.24, 2.45) is 0 Å². The average molecular weight is 219 g/mol. The van der Waals surface area contributed by atoms with Crippen LogP contribution < -0.4 is 0 Å². The first kappa shape index (κ1) is 10.8. The molecule has 0 atom stereocenters. The predicted molar refractivity (Wildman–Crippen MR) is 65.2 cm³/mol. The third kappa shape index (κ3) is 2.65. The molecule has 0 saturated heterocycles. The Hall–Kier alpha value is -2.71. The van der Waals surface area contributed by atoms with Crippen LogP contribution in [0.4, 0.5) is 0 Å². The average Bonchev–Trinajstić information content (AvgIpc) is 2.38. The molecule has 0 aliphatic rings. The summed E-state index contributed by atoms with van der Waals surface area (Å²) in [6.07, 6.45) is 0. The van der Waals surface area contributed by atoms with Gasteiger partial charge in [0.05, 0.1) is 17.2 Å². The van der Waals surface area contributed by atoms with E-state index in [1.54, 1.807) is 42.5 Å². The number of rotatable bonds is 0. The van der Waals surface area contributed by atoms with Gasteiger partial charge in [-0.1, -0.05) is 24.0 Å². The highest BCUT2D eigenvalue weighted by molar-refractivity contribution is 5.49. The lowest BCUT2D eigenvalue weighted by molar-refractivity contribution is 0.473. The van der Waals surface area contributed by atoms with E-state index >= 15 is 0 Å². The third-order valence-corrected chi connectivity index (χ3v) is 2.26. The first-order chi connectivity index (χ1) is 8.29. The number of nitrogens with zero attached hydrogens (tertiary/aromatic N) is 1. The molecule has 0 radical (unpaired) electrons. The van der Waals surface area contributed by atoms with Crippen LogP contribution in [0, 0.1) is 23.2 Å². The van der Waals surface area contributed by atoms with E-state index in [2.05, 4.69) is 11.8 Å². The zero-order valence-electron chi connectivity index (χ0n) is 9.01. The molecule has 0 bridgehead atoms. The Labute approximate surface area is 99.8 Å². The van der Waals surface area contributed by atoms with Crippen molar-refractivity contribution >= 4 is 0 Å². The summed E-state index contributed by atoms with van der Waals surface area (Å²) >= 11 is 0. The Kier molecular flexibility index (Phi) is 3.10. The molecule has 0 fully saturated rings. The van der Waals surface area contributed by atoms with E-state index in [0.29, 0.717) is 11.1 Å². The Bertz CT molecular complexity index is 624. The SMILES string of the molecule is N#Cc1ccc(C#Cc2ccccc2O)cc1. The highest BCUT2D eigenvalue weighted by Gasteiger charge is 1.94. The topological polar surface area (TPSA) is 44.0 Å². The molecule has 2 aromatic carbocycles. The third-order valence-electron chi connectivity index (χ3n) is 2.26. The van der Waals surface area contributed by atoms with Crippen molar-refractivity contribution in [2.75, 3.05) is 0 Å². The first-order valence-corrected chi connectivity index (χ1v) is 5.10. The molecule has 0 saturated carbocycles. The van der Waals surface area contributed by atoms with Crippen LogP contribution >= 0.6 is 0 Å². The van der Waals surface area contributed by atoms with Crippen molar-refractivity contribution < 1.29 is 5.11 Å². The molecule has 2 heteroatoms. The van der Waals surface area contributed by atoms with Crippen molar-refractivity contribution in [3.05, 3.63) is 65.2 Å². The number of para-hydroxylation sites is 1. The molecule has 0 heterocycles. The minimum Gasteiger partial charge on any atom is -0.507 e. The van der Waals surface area contributed by atoms with Gasteiger partial charge in [-0.2, -0.15) is 5.26 Å². The maximum Gasteiger partial charge on any atom is 0.131 e. The van der Waals surface area contributed by atoms with E-state index in [1.165, 1.54) is 0 Å². The largest absolute Gasteiger partial charge is 0.507 e. The van der Waals surface area contributed by atoms with E-state index in [4.69, 9.17) is 5.26 Å². The molecular formula is C15H9NO. The van der Waals surface area contributed by atoms with Gasteiger partial charge in [-0.3, -0.25) is 0 Å². The van der Waals surface area contributed by atoms with Gasteiger partial charge in [0.1, 0.15) is 5.75 Å². The van der Waals surface area contributed by atoms with Crippen LogP contribution in [0.3, 0.4) is 0 Å². The van der Waals surface area contributed by atoms with E-state index in [9.17, 15) is 5.11 Å². The Balaban J connectivity index is 2.28. The monoisotopic (exact) mass is 219 g/mol. The van der Waals surface area contributed by atoms with Crippen LogP contribution in [0.2, 0.25) is 0 Å². The lowest BCUT2D eigenvalue weighted by atomic mass is 10.1. The van der Waals surface area contributed by atoms with Crippen LogP contribution in [0.15, 0.2) is 48.5 Å². The fourth-order valence-electron chi connectivity index (χ4n) is 1.35. The number of phenolic OH excluding ortho intramolecular Hbond substituents is 1. The van der Waals surface area contributed by atoms with Crippen LogP contribution in [0.1, 0.15) is 16.7 Å². The molecule has 0 amide bonds. The molecule has 17 heavy (non-hydrogen) atoms. The molecule has 1 N–H and O–H groups in total. The molecular weight excluding hydrogens is 210 g/mol. The van der Waals surface area contributed by atoms with Crippen molar-refractivity contribution in [3.63, 3.8) is 0 Å². The summed E-state index contributed by atoms with van der Waals surface area (Å²) in [5, 5.41) is 18.2. The van der Waals surface area contributed by atoms with Gasteiger partial charge in [0.2, 0.25) is 0 Å². The number of aromatic hydroxyl groups is 1. The zero-order valence-corrected chi connectivity index (χ0v) is 9.01. The van der Waals surface area contributed by atoms with Crippen molar-refractivity contribution in [1.29, 1.82) is 5.26 Å². The maximum atomic E-state index is 9.53. The summed E-state index contributed by atoms with van der Waals surface area (Å²) in [7, 11) is 0. The number of phenols is 1. The Morgan fingerprint density at radius 3 is 2.12 bits per heavy atom. The lowest BCUT2D eigenvalue weighted by Crippen LogP contribution is -1.78. The fourth-order valence-corrected chi connectivity index (χ4v) is 1.35. The van der Waals surface area contributed by atoms with E-state index in [-0.39, 0.29) is 5.75 Å². The second-order valence-corrected chi connectivity index (χ2v) is 3.46. The van der Waals surface area contributed by atoms with Crippen LogP contribution in [-0.2, 0) is 0 Å². The maximum absolute atomic E-state index is 9.53.